The number of nitrogens with zero attached hydrogens (tertiary/aromatic N) is 1. The van der Waals surface area contributed by atoms with Gasteiger partial charge in [0.25, 0.3) is 5.91 Å². The third-order valence-electron chi connectivity index (χ3n) is 3.64. The van der Waals surface area contributed by atoms with Crippen LogP contribution in [0.5, 0.6) is 17.2 Å². The first-order valence-corrected chi connectivity index (χ1v) is 8.83. The van der Waals surface area contributed by atoms with Crippen LogP contribution in [-0.2, 0) is 4.79 Å². The van der Waals surface area contributed by atoms with Crippen molar-refractivity contribution in [1.29, 1.82) is 5.26 Å². The van der Waals surface area contributed by atoms with Crippen LogP contribution in [0.2, 0.25) is 0 Å². The Kier molecular flexibility index (Phi) is 7.73. The quantitative estimate of drug-likeness (QED) is 0.505. The van der Waals surface area contributed by atoms with Crippen LogP contribution in [0.25, 0.3) is 0 Å². The minimum Gasteiger partial charge on any atom is -0.497 e. The van der Waals surface area contributed by atoms with E-state index in [9.17, 15) is 10.1 Å². The zero-order chi connectivity index (χ0) is 20.4. The average Bonchev–Trinajstić information content (AvgIpc) is 2.71. The van der Waals surface area contributed by atoms with Gasteiger partial charge in [0.15, 0.2) is 11.5 Å². The van der Waals surface area contributed by atoms with Gasteiger partial charge in [-0.2, -0.15) is 5.26 Å². The van der Waals surface area contributed by atoms with Crippen molar-refractivity contribution in [2.24, 2.45) is 0 Å². The fourth-order valence-electron chi connectivity index (χ4n) is 2.32. The Morgan fingerprint density at radius 3 is 2.29 bits per heavy atom. The van der Waals surface area contributed by atoms with Crippen LogP contribution in [0.4, 0.5) is 11.4 Å². The molecular weight excluding hydrogens is 358 g/mol. The van der Waals surface area contributed by atoms with Crippen molar-refractivity contribution in [2.45, 2.75) is 13.8 Å². The van der Waals surface area contributed by atoms with E-state index in [2.05, 4.69) is 10.6 Å². The number of benzene rings is 2. The summed E-state index contributed by atoms with van der Waals surface area (Å²) in [5.74, 6) is 1.38. The topological polar surface area (TPSA) is 92.6 Å². The van der Waals surface area contributed by atoms with Gasteiger partial charge in [-0.3, -0.25) is 4.79 Å². The molecule has 0 aliphatic heterocycles. The molecule has 7 nitrogen and oxygen atoms in total. The Morgan fingerprint density at radius 1 is 1.04 bits per heavy atom. The molecule has 0 bridgehead atoms. The van der Waals surface area contributed by atoms with E-state index in [0.717, 1.165) is 0 Å². The standard InChI is InChI=1S/C21H23N3O4/c1-4-27-19-11-8-17(12-20(19)28-5-2)23-14-15(13-22)21(25)24-16-6-9-18(26-3)10-7-16/h6-12,14,23H,4-5H2,1-3H3,(H,24,25)/b15-14-. The molecule has 0 atom stereocenters. The predicted molar refractivity (Wildman–Crippen MR) is 108 cm³/mol. The van der Waals surface area contributed by atoms with Crippen molar-refractivity contribution in [3.8, 4) is 23.3 Å². The molecule has 0 aliphatic rings. The number of hydrogen-bond acceptors (Lipinski definition) is 6. The highest BCUT2D eigenvalue weighted by atomic mass is 16.5. The van der Waals surface area contributed by atoms with Crippen LogP contribution in [-0.4, -0.2) is 26.2 Å². The molecule has 0 fully saturated rings. The molecule has 146 valence electrons. The van der Waals surface area contributed by atoms with Gasteiger partial charge in [0.05, 0.1) is 20.3 Å². The van der Waals surface area contributed by atoms with Crippen LogP contribution < -0.4 is 24.8 Å². The Balaban J connectivity index is 2.10. The van der Waals surface area contributed by atoms with Crippen LogP contribution in [0.1, 0.15) is 13.8 Å². The van der Waals surface area contributed by atoms with E-state index >= 15 is 0 Å². The lowest BCUT2D eigenvalue weighted by molar-refractivity contribution is -0.112. The number of anilines is 2. The van der Waals surface area contributed by atoms with E-state index in [1.807, 2.05) is 19.9 Å². The Bertz CT molecular complexity index is 870. The van der Waals surface area contributed by atoms with Gasteiger partial charge in [0, 0.05) is 23.6 Å². The van der Waals surface area contributed by atoms with Crippen LogP contribution in [0.15, 0.2) is 54.2 Å². The maximum atomic E-state index is 12.3. The van der Waals surface area contributed by atoms with Crippen molar-refractivity contribution < 1.29 is 19.0 Å². The molecule has 0 saturated heterocycles. The first-order chi connectivity index (χ1) is 13.6. The zero-order valence-corrected chi connectivity index (χ0v) is 16.1. The number of hydrogen-bond donors (Lipinski definition) is 2. The molecule has 0 aromatic heterocycles. The summed E-state index contributed by atoms with van der Waals surface area (Å²) in [6.07, 6.45) is 1.35. The maximum absolute atomic E-state index is 12.3. The lowest BCUT2D eigenvalue weighted by Gasteiger charge is -2.12. The largest absolute Gasteiger partial charge is 0.497 e. The van der Waals surface area contributed by atoms with Gasteiger partial charge in [-0.1, -0.05) is 0 Å². The molecule has 7 heteroatoms. The highest BCUT2D eigenvalue weighted by Crippen LogP contribution is 2.30. The summed E-state index contributed by atoms with van der Waals surface area (Å²) < 4.78 is 16.2. The molecular formula is C21H23N3O4. The summed E-state index contributed by atoms with van der Waals surface area (Å²) in [5, 5.41) is 14.9. The second-order valence-electron chi connectivity index (χ2n) is 5.52. The van der Waals surface area contributed by atoms with Crippen molar-refractivity contribution in [2.75, 3.05) is 31.0 Å². The summed E-state index contributed by atoms with van der Waals surface area (Å²) in [7, 11) is 1.56. The lowest BCUT2D eigenvalue weighted by Crippen LogP contribution is -2.14. The van der Waals surface area contributed by atoms with E-state index in [1.54, 1.807) is 49.6 Å². The first-order valence-electron chi connectivity index (χ1n) is 8.83. The van der Waals surface area contributed by atoms with Crippen LogP contribution in [0, 0.1) is 11.3 Å². The van der Waals surface area contributed by atoms with E-state index in [0.29, 0.717) is 41.8 Å². The third-order valence-corrected chi connectivity index (χ3v) is 3.64. The fraction of sp³-hybridized carbons (Fsp3) is 0.238. The molecule has 0 heterocycles. The summed E-state index contributed by atoms with van der Waals surface area (Å²) >= 11 is 0. The smallest absolute Gasteiger partial charge is 0.267 e. The molecule has 0 spiro atoms. The lowest BCUT2D eigenvalue weighted by atomic mass is 10.2. The highest BCUT2D eigenvalue weighted by Gasteiger charge is 2.10. The number of carbonyl (C=O) groups excluding carboxylic acids is 1. The number of carbonyl (C=O) groups is 1. The fourth-order valence-corrected chi connectivity index (χ4v) is 2.32. The molecule has 0 radical (unpaired) electrons. The van der Waals surface area contributed by atoms with Gasteiger partial charge < -0.3 is 24.8 Å². The van der Waals surface area contributed by atoms with E-state index in [4.69, 9.17) is 14.2 Å². The molecule has 2 aromatic rings. The maximum Gasteiger partial charge on any atom is 0.267 e. The van der Waals surface area contributed by atoms with E-state index in [1.165, 1.54) is 6.20 Å². The molecule has 0 aliphatic carbocycles. The third kappa shape index (κ3) is 5.68. The number of nitrogens with one attached hydrogen (secondary N) is 2. The van der Waals surface area contributed by atoms with Crippen molar-refractivity contribution in [1.82, 2.24) is 0 Å². The predicted octanol–water partition coefficient (Wildman–Crippen LogP) is 3.95. The van der Waals surface area contributed by atoms with E-state index in [-0.39, 0.29) is 5.57 Å². The van der Waals surface area contributed by atoms with Crippen LogP contribution >= 0.6 is 0 Å². The van der Waals surface area contributed by atoms with Gasteiger partial charge in [-0.05, 0) is 50.2 Å². The van der Waals surface area contributed by atoms with E-state index < -0.39 is 5.91 Å². The zero-order valence-electron chi connectivity index (χ0n) is 16.1. The van der Waals surface area contributed by atoms with Gasteiger partial charge >= 0.3 is 0 Å². The summed E-state index contributed by atoms with van der Waals surface area (Å²) in [6, 6.07) is 14.0. The van der Waals surface area contributed by atoms with Gasteiger partial charge in [-0.25, -0.2) is 0 Å². The monoisotopic (exact) mass is 381 g/mol. The number of methoxy groups -OCH3 is 1. The highest BCUT2D eigenvalue weighted by molar-refractivity contribution is 6.06. The molecule has 1 amide bonds. The number of nitriles is 1. The van der Waals surface area contributed by atoms with Crippen molar-refractivity contribution in [3.05, 3.63) is 54.2 Å². The Labute approximate surface area is 164 Å². The number of rotatable bonds is 9. The summed E-state index contributed by atoms with van der Waals surface area (Å²) in [6.45, 7) is 4.79. The molecule has 0 unspecified atom stereocenters. The molecule has 2 rings (SSSR count). The molecule has 2 N–H and O–H groups in total. The summed E-state index contributed by atoms with van der Waals surface area (Å²) in [5.41, 5.74) is 1.16. The van der Waals surface area contributed by atoms with Crippen molar-refractivity contribution >= 4 is 17.3 Å². The summed E-state index contributed by atoms with van der Waals surface area (Å²) in [4.78, 5) is 12.3. The van der Waals surface area contributed by atoms with Crippen molar-refractivity contribution in [3.63, 3.8) is 0 Å². The number of ether oxygens (including phenoxy) is 3. The molecule has 0 saturated carbocycles. The molecule has 2 aromatic carbocycles. The molecule has 28 heavy (non-hydrogen) atoms. The number of amides is 1. The second-order valence-corrected chi connectivity index (χ2v) is 5.52. The average molecular weight is 381 g/mol. The van der Waals surface area contributed by atoms with Gasteiger partial charge in [-0.15, -0.1) is 0 Å². The minimum absolute atomic E-state index is 0.0670. The van der Waals surface area contributed by atoms with Gasteiger partial charge in [0.1, 0.15) is 17.4 Å². The van der Waals surface area contributed by atoms with Crippen LogP contribution in [0.3, 0.4) is 0 Å². The van der Waals surface area contributed by atoms with Gasteiger partial charge in [0.2, 0.25) is 0 Å². The Hall–Kier alpha value is -3.66. The first kappa shape index (κ1) is 20.6. The normalized spacial score (nSPS) is 10.6. The second kappa shape index (κ2) is 10.5. The Morgan fingerprint density at radius 2 is 1.68 bits per heavy atom. The minimum atomic E-state index is -0.517. The SMILES string of the molecule is CCOc1ccc(N/C=C(/C#N)C(=O)Nc2ccc(OC)cc2)cc1OCC.